The molecule has 0 aromatic carbocycles. The Morgan fingerprint density at radius 2 is 1.03 bits per heavy atom. The molecule has 0 radical (unpaired) electrons. The summed E-state index contributed by atoms with van der Waals surface area (Å²) >= 11 is 0. The number of hydrogen-bond acceptors (Lipinski definition) is 15. The van der Waals surface area contributed by atoms with E-state index in [1.54, 1.807) is 4.90 Å². The number of unbranched alkanes of at least 4 members (excludes halogenated alkanes) is 1. The van der Waals surface area contributed by atoms with E-state index in [1.165, 1.54) is 33.9 Å². The van der Waals surface area contributed by atoms with Crippen molar-refractivity contribution in [2.24, 2.45) is 0 Å². The van der Waals surface area contributed by atoms with Crippen LogP contribution in [0.1, 0.15) is 56.6 Å². The van der Waals surface area contributed by atoms with Gasteiger partial charge in [-0.1, -0.05) is 0 Å². The van der Waals surface area contributed by atoms with Gasteiger partial charge in [0.15, 0.2) is 0 Å². The first-order chi connectivity index (χ1) is 31.1. The van der Waals surface area contributed by atoms with Crippen LogP contribution in [0.25, 0.3) is 0 Å². The minimum absolute atomic E-state index is 0.0862. The number of rotatable bonds is 33. The molecule has 29 heteroatoms. The molecule has 5 amide bonds. The van der Waals surface area contributed by atoms with Crippen LogP contribution in [0, 0.1) is 0 Å². The molecule has 2 rings (SSSR count). The summed E-state index contributed by atoms with van der Waals surface area (Å²) in [5.74, 6) is -12.3. The van der Waals surface area contributed by atoms with E-state index in [0.29, 0.717) is 9.80 Å². The molecule has 0 saturated heterocycles. The molecule has 2 aromatic rings. The number of urea groups is 1. The minimum atomic E-state index is -1.67. The summed E-state index contributed by atoms with van der Waals surface area (Å²) in [5, 5.41) is 71.4. The Kier molecular flexibility index (Phi) is 22.4. The summed E-state index contributed by atoms with van der Waals surface area (Å²) in [6, 6.07) is -5.51. The van der Waals surface area contributed by atoms with Crippen LogP contribution in [-0.4, -0.2) is 192 Å². The molecule has 0 bridgehead atoms. The van der Waals surface area contributed by atoms with Crippen LogP contribution >= 0.6 is 0 Å². The fourth-order valence-corrected chi connectivity index (χ4v) is 6.06. The van der Waals surface area contributed by atoms with Crippen molar-refractivity contribution in [2.45, 2.75) is 89.3 Å². The van der Waals surface area contributed by atoms with E-state index < -0.39 is 142 Å². The molecule has 2 heterocycles. The van der Waals surface area contributed by atoms with Crippen LogP contribution in [0.4, 0.5) is 4.79 Å². The topological polar surface area (TPSA) is 428 Å². The van der Waals surface area contributed by atoms with Crippen LogP contribution in [0.15, 0.2) is 24.8 Å². The van der Waals surface area contributed by atoms with Crippen LogP contribution in [0.5, 0.6) is 0 Å². The van der Waals surface area contributed by atoms with E-state index in [1.807, 2.05) is 0 Å². The maximum absolute atomic E-state index is 13.0. The largest absolute Gasteiger partial charge is 0.481 e. The van der Waals surface area contributed by atoms with Gasteiger partial charge >= 0.3 is 47.8 Å². The lowest BCUT2D eigenvalue weighted by molar-refractivity contribution is -0.150. The molecule has 10 N–H and O–H groups in total. The zero-order valence-corrected chi connectivity index (χ0v) is 35.1. The molecule has 362 valence electrons. The van der Waals surface area contributed by atoms with Gasteiger partial charge in [-0.2, -0.15) is 0 Å². The molecule has 2 aromatic heterocycles. The SMILES string of the molecule is O=C[C@H](CCC(=O)O)NC(=O)N[C@@H](CCC(=O)N[C@@H](CCCCN(Cc1nccn1CC(=O)N(CC(=O)O)CC(=O)O)Cc1nccn1CC(=O)N(CC(=O)O)CC(=O)O)C(=O)O)C(=O)O. The summed E-state index contributed by atoms with van der Waals surface area (Å²) in [5.41, 5.74) is 0. The highest BCUT2D eigenvalue weighted by atomic mass is 16.4. The Hall–Kier alpha value is -7.98. The van der Waals surface area contributed by atoms with Crippen LogP contribution < -0.4 is 16.0 Å². The number of hydrogen-bond donors (Lipinski definition) is 10. The number of aldehydes is 1. The number of imidazole rings is 2. The molecule has 0 unspecified atom stereocenters. The zero-order valence-electron chi connectivity index (χ0n) is 35.1. The van der Waals surface area contributed by atoms with Gasteiger partial charge in [0.2, 0.25) is 17.7 Å². The Morgan fingerprint density at radius 3 is 1.44 bits per heavy atom. The third-order valence-electron chi connectivity index (χ3n) is 9.22. The number of carbonyl (C=O) groups is 12. The Labute approximate surface area is 373 Å². The molecule has 0 aliphatic carbocycles. The predicted molar refractivity (Wildman–Crippen MR) is 215 cm³/mol. The predicted octanol–water partition coefficient (Wildman–Crippen LogP) is -3.22. The van der Waals surface area contributed by atoms with Crippen molar-refractivity contribution in [3.05, 3.63) is 36.4 Å². The van der Waals surface area contributed by atoms with Crippen molar-refractivity contribution in [3.8, 4) is 0 Å². The van der Waals surface area contributed by atoms with Crippen LogP contribution in [0.3, 0.4) is 0 Å². The van der Waals surface area contributed by atoms with E-state index in [0.717, 1.165) is 0 Å². The maximum atomic E-state index is 13.0. The van der Waals surface area contributed by atoms with Gasteiger partial charge in [0.05, 0.1) is 19.1 Å². The van der Waals surface area contributed by atoms with Gasteiger partial charge in [-0.3, -0.25) is 43.3 Å². The molecule has 0 aliphatic heterocycles. The van der Waals surface area contributed by atoms with Crippen molar-refractivity contribution in [3.63, 3.8) is 0 Å². The minimum Gasteiger partial charge on any atom is -0.481 e. The standard InChI is InChI=1S/C37H50N10O19/c48-21-22(4-7-30(52)53)40-37(66)42-24(36(64)65)5-6-27(49)41-23(35(62)63)3-1-2-10-43(13-25-38-8-11-44(25)15-28(50)46(17-31(54)55)18-32(56)57)14-26-39-9-12-45(26)16-29(51)47(19-33(58)59)20-34(60)61/h8-9,11-12,21-24H,1-7,10,13-20H2,(H,41,49)(H,52,53)(H,54,55)(H,56,57)(H,58,59)(H,60,61)(H,62,63)(H,64,65)(H2,40,42,66)/t22-,23-,24-/m0/s1. The van der Waals surface area contributed by atoms with Gasteiger partial charge < -0.3 is 75.4 Å². The lowest BCUT2D eigenvalue weighted by Gasteiger charge is -2.24. The summed E-state index contributed by atoms with van der Waals surface area (Å²) in [6.45, 7) is -4.73. The second-order valence-electron chi connectivity index (χ2n) is 14.4. The fourth-order valence-electron chi connectivity index (χ4n) is 6.06. The highest BCUT2D eigenvalue weighted by Gasteiger charge is 2.27. The lowest BCUT2D eigenvalue weighted by Crippen LogP contribution is -2.50. The van der Waals surface area contributed by atoms with Crippen LogP contribution in [-0.2, 0) is 78.9 Å². The number of carboxylic acids is 7. The first kappa shape index (κ1) is 54.2. The number of carboxylic acid groups (broad SMARTS) is 7. The Balaban J connectivity index is 2.21. The van der Waals surface area contributed by atoms with Gasteiger partial charge in [0.25, 0.3) is 0 Å². The normalized spacial score (nSPS) is 12.2. The molecule has 3 atom stereocenters. The number of amides is 5. The highest BCUT2D eigenvalue weighted by Crippen LogP contribution is 2.13. The molecular formula is C37H50N10O19. The smallest absolute Gasteiger partial charge is 0.326 e. The zero-order chi connectivity index (χ0) is 49.5. The first-order valence-electron chi connectivity index (χ1n) is 19.7. The third-order valence-corrected chi connectivity index (χ3v) is 9.22. The monoisotopic (exact) mass is 938 g/mol. The second-order valence-corrected chi connectivity index (χ2v) is 14.4. The third kappa shape index (κ3) is 20.5. The molecule has 66 heavy (non-hydrogen) atoms. The quantitative estimate of drug-likeness (QED) is 0.0249. The van der Waals surface area contributed by atoms with Crippen molar-refractivity contribution in [2.75, 3.05) is 32.7 Å². The van der Waals surface area contributed by atoms with E-state index in [9.17, 15) is 88.2 Å². The lowest BCUT2D eigenvalue weighted by atomic mass is 10.1. The first-order valence-corrected chi connectivity index (χ1v) is 19.7. The van der Waals surface area contributed by atoms with Crippen LogP contribution in [0.2, 0.25) is 0 Å². The van der Waals surface area contributed by atoms with E-state index >= 15 is 0 Å². The average Bonchev–Trinajstić information content (AvgIpc) is 3.85. The van der Waals surface area contributed by atoms with Gasteiger partial charge in [0, 0.05) is 37.6 Å². The number of carbonyl (C=O) groups excluding carboxylic acids is 5. The van der Waals surface area contributed by atoms with Crippen molar-refractivity contribution in [1.82, 2.24) is 49.8 Å². The molecular weight excluding hydrogens is 888 g/mol. The summed E-state index contributed by atoms with van der Waals surface area (Å²) in [4.78, 5) is 154. The number of nitrogens with one attached hydrogen (secondary N) is 3. The highest BCUT2D eigenvalue weighted by molar-refractivity contribution is 5.87. The van der Waals surface area contributed by atoms with Gasteiger partial charge in [0.1, 0.15) is 69.3 Å². The number of aliphatic carboxylic acids is 7. The Morgan fingerprint density at radius 1 is 0.576 bits per heavy atom. The fraction of sp³-hybridized carbons (Fsp3) is 0.514. The summed E-state index contributed by atoms with van der Waals surface area (Å²) in [6.07, 6.45) is 4.03. The Bertz CT molecular complexity index is 1970. The van der Waals surface area contributed by atoms with Gasteiger partial charge in [-0.25, -0.2) is 24.4 Å². The van der Waals surface area contributed by atoms with Crippen molar-refractivity contribution >= 4 is 71.8 Å². The number of nitrogens with zero attached hydrogens (tertiary/aromatic N) is 7. The number of aromatic nitrogens is 4. The maximum Gasteiger partial charge on any atom is 0.326 e. The molecule has 29 nitrogen and oxygen atoms in total. The summed E-state index contributed by atoms with van der Waals surface area (Å²) in [7, 11) is 0. The van der Waals surface area contributed by atoms with E-state index in [4.69, 9.17) is 5.11 Å². The van der Waals surface area contributed by atoms with Gasteiger partial charge in [-0.05, 0) is 38.6 Å². The average molecular weight is 939 g/mol. The van der Waals surface area contributed by atoms with E-state index in [-0.39, 0.29) is 63.3 Å². The second kappa shape index (κ2) is 27.3. The molecule has 0 spiro atoms. The van der Waals surface area contributed by atoms with Crippen molar-refractivity contribution in [1.29, 1.82) is 0 Å². The van der Waals surface area contributed by atoms with Crippen molar-refractivity contribution < 1.29 is 93.3 Å². The molecule has 0 aliphatic rings. The van der Waals surface area contributed by atoms with E-state index in [2.05, 4.69) is 25.9 Å². The van der Waals surface area contributed by atoms with Gasteiger partial charge in [-0.15, -0.1) is 0 Å². The molecule has 0 fully saturated rings. The summed E-state index contributed by atoms with van der Waals surface area (Å²) < 4.78 is 2.66. The molecule has 0 saturated carbocycles.